The Hall–Kier alpha value is -1.65. The van der Waals surface area contributed by atoms with Gasteiger partial charge in [-0.15, -0.1) is 0 Å². The summed E-state index contributed by atoms with van der Waals surface area (Å²) in [6.07, 6.45) is 11.2. The Morgan fingerprint density at radius 3 is 2.69 bits per heavy atom. The van der Waals surface area contributed by atoms with Crippen molar-refractivity contribution in [1.29, 1.82) is 0 Å². The number of likely N-dealkylation sites (N-methyl/N-ethyl adjacent to an activating group) is 1. The molecule has 2 atom stereocenters. The van der Waals surface area contributed by atoms with Crippen molar-refractivity contribution < 1.29 is 9.80 Å². The van der Waals surface area contributed by atoms with E-state index in [4.69, 9.17) is 0 Å². The van der Waals surface area contributed by atoms with E-state index in [1.165, 1.54) is 7.05 Å². The standard InChI is InChI=1S/C12H14N2O2/c1-13(15)11-5-3-10-8-12(14(2)16)6-4-9(10)7-11/h3-9,13H,1-2H3/b14-12+. The Kier molecular flexibility index (Phi) is 2.77. The van der Waals surface area contributed by atoms with E-state index in [2.05, 4.69) is 0 Å². The minimum atomic E-state index is 0.0689. The van der Waals surface area contributed by atoms with E-state index in [0.717, 1.165) is 16.0 Å². The quantitative estimate of drug-likeness (QED) is 0.387. The van der Waals surface area contributed by atoms with Crippen molar-refractivity contribution in [3.63, 3.8) is 0 Å². The summed E-state index contributed by atoms with van der Waals surface area (Å²) in [5.74, 6) is 0.118. The summed E-state index contributed by atoms with van der Waals surface area (Å²) in [4.78, 5) is 0. The molecule has 2 unspecified atom stereocenters. The average molecular weight is 218 g/mol. The van der Waals surface area contributed by atoms with Crippen LogP contribution in [0, 0.1) is 16.3 Å². The van der Waals surface area contributed by atoms with E-state index in [0.29, 0.717) is 5.71 Å². The first-order valence-electron chi connectivity index (χ1n) is 5.16. The van der Waals surface area contributed by atoms with Gasteiger partial charge in [-0.2, -0.15) is 0 Å². The summed E-state index contributed by atoms with van der Waals surface area (Å²) < 4.78 is 0.831. The fourth-order valence-corrected chi connectivity index (χ4v) is 1.81. The molecule has 0 aromatic carbocycles. The van der Waals surface area contributed by atoms with Gasteiger partial charge in [-0.05, 0) is 17.7 Å². The molecular formula is C12H14N2O2. The third-order valence-corrected chi connectivity index (χ3v) is 2.76. The van der Waals surface area contributed by atoms with Gasteiger partial charge in [0.15, 0.2) is 0 Å². The first-order valence-corrected chi connectivity index (χ1v) is 5.16. The number of hydrogen-bond acceptors (Lipinski definition) is 2. The van der Waals surface area contributed by atoms with Gasteiger partial charge in [0.25, 0.3) is 0 Å². The van der Waals surface area contributed by atoms with Crippen LogP contribution in [0.4, 0.5) is 0 Å². The summed E-state index contributed by atoms with van der Waals surface area (Å²) in [5.41, 5.74) is 2.41. The average Bonchev–Trinajstić information content (AvgIpc) is 2.27. The van der Waals surface area contributed by atoms with Crippen LogP contribution in [0.1, 0.15) is 0 Å². The van der Waals surface area contributed by atoms with Crippen molar-refractivity contribution in [2.75, 3.05) is 14.1 Å². The number of quaternary nitrogens is 1. The first kappa shape index (κ1) is 10.9. The number of hydroxylamine groups is 3. The fraction of sp³-hybridized carbons (Fsp3) is 0.250. The number of nitrogens with one attached hydrogen (secondary N) is 1. The van der Waals surface area contributed by atoms with Crippen molar-refractivity contribution in [1.82, 2.24) is 0 Å². The second-order valence-corrected chi connectivity index (χ2v) is 3.96. The number of fused-ring (bicyclic) bond motifs is 1. The van der Waals surface area contributed by atoms with Gasteiger partial charge < -0.3 is 15.5 Å². The molecule has 0 heterocycles. The SMILES string of the molecule is C/[N+]([O-])=C1/C=CC2C=C([NH+](C)[O-])C=CC2=C1. The molecule has 2 aliphatic rings. The highest BCUT2D eigenvalue weighted by molar-refractivity contribution is 6.02. The Morgan fingerprint density at radius 2 is 2.06 bits per heavy atom. The maximum Gasteiger partial charge on any atom is 0.210 e. The third kappa shape index (κ3) is 1.98. The molecule has 0 radical (unpaired) electrons. The Morgan fingerprint density at radius 1 is 1.31 bits per heavy atom. The van der Waals surface area contributed by atoms with Gasteiger partial charge in [-0.25, -0.2) is 4.74 Å². The second kappa shape index (κ2) is 4.08. The maximum absolute atomic E-state index is 11.2. The highest BCUT2D eigenvalue weighted by Gasteiger charge is 2.19. The predicted octanol–water partition coefficient (Wildman–Crippen LogP) is 0.146. The zero-order valence-electron chi connectivity index (χ0n) is 9.31. The van der Waals surface area contributed by atoms with E-state index in [9.17, 15) is 10.4 Å². The van der Waals surface area contributed by atoms with Crippen molar-refractivity contribution in [3.8, 4) is 0 Å². The Bertz CT molecular complexity index is 450. The Balaban J connectivity index is 2.31. The van der Waals surface area contributed by atoms with Gasteiger partial charge in [-0.3, -0.25) is 0 Å². The lowest BCUT2D eigenvalue weighted by molar-refractivity contribution is -0.779. The van der Waals surface area contributed by atoms with Gasteiger partial charge in [0, 0.05) is 18.1 Å². The van der Waals surface area contributed by atoms with E-state index in [1.807, 2.05) is 24.3 Å². The van der Waals surface area contributed by atoms with Gasteiger partial charge in [0.1, 0.15) is 12.7 Å². The number of rotatable bonds is 1. The van der Waals surface area contributed by atoms with Crippen molar-refractivity contribution in [2.45, 2.75) is 0 Å². The van der Waals surface area contributed by atoms with Gasteiger partial charge in [-0.1, -0.05) is 12.2 Å². The van der Waals surface area contributed by atoms with Gasteiger partial charge >= 0.3 is 0 Å². The van der Waals surface area contributed by atoms with Crippen LogP contribution in [-0.4, -0.2) is 24.5 Å². The minimum absolute atomic E-state index is 0.0689. The van der Waals surface area contributed by atoms with Crippen LogP contribution in [0.5, 0.6) is 0 Å². The van der Waals surface area contributed by atoms with Crippen LogP contribution >= 0.6 is 0 Å². The highest BCUT2D eigenvalue weighted by Crippen LogP contribution is 2.24. The Labute approximate surface area is 94.3 Å². The summed E-state index contributed by atoms with van der Waals surface area (Å²) in [6, 6.07) is 0. The molecule has 0 aliphatic heterocycles. The molecule has 0 bridgehead atoms. The molecule has 0 spiro atoms. The van der Waals surface area contributed by atoms with Crippen LogP contribution in [0.25, 0.3) is 0 Å². The molecule has 4 heteroatoms. The van der Waals surface area contributed by atoms with Crippen LogP contribution in [0.2, 0.25) is 0 Å². The normalized spacial score (nSPS) is 28.1. The van der Waals surface area contributed by atoms with E-state index < -0.39 is 0 Å². The third-order valence-electron chi connectivity index (χ3n) is 2.76. The van der Waals surface area contributed by atoms with Crippen LogP contribution in [-0.2, 0) is 0 Å². The first-order chi connectivity index (χ1) is 7.58. The maximum atomic E-state index is 11.2. The van der Waals surface area contributed by atoms with Crippen LogP contribution < -0.4 is 5.06 Å². The van der Waals surface area contributed by atoms with Crippen molar-refractivity contribution in [2.24, 2.45) is 5.92 Å². The number of allylic oxidation sites excluding steroid dienone is 7. The molecule has 16 heavy (non-hydrogen) atoms. The molecular weight excluding hydrogens is 204 g/mol. The van der Waals surface area contributed by atoms with Gasteiger partial charge in [0.05, 0.1) is 7.05 Å². The van der Waals surface area contributed by atoms with Crippen LogP contribution in [0.3, 0.4) is 0 Å². The van der Waals surface area contributed by atoms with Gasteiger partial charge in [0.2, 0.25) is 5.71 Å². The fourth-order valence-electron chi connectivity index (χ4n) is 1.81. The molecule has 2 aliphatic carbocycles. The molecule has 0 aromatic rings. The number of hydrogen-bond donors (Lipinski definition) is 1. The molecule has 2 rings (SSSR count). The molecule has 84 valence electrons. The monoisotopic (exact) mass is 218 g/mol. The topological polar surface area (TPSA) is 53.6 Å². The van der Waals surface area contributed by atoms with E-state index >= 15 is 0 Å². The lowest BCUT2D eigenvalue weighted by Gasteiger charge is -2.23. The highest BCUT2D eigenvalue weighted by atomic mass is 16.5. The summed E-state index contributed by atoms with van der Waals surface area (Å²) in [7, 11) is 3.03. The van der Waals surface area contributed by atoms with E-state index in [-0.39, 0.29) is 11.0 Å². The zero-order valence-corrected chi connectivity index (χ0v) is 9.31. The second-order valence-electron chi connectivity index (χ2n) is 3.96. The summed E-state index contributed by atoms with van der Waals surface area (Å²) in [5, 5.41) is 22.4. The molecule has 4 nitrogen and oxygen atoms in total. The number of nitrogens with zero attached hydrogens (tertiary/aromatic N) is 1. The molecule has 0 fully saturated rings. The lowest BCUT2D eigenvalue weighted by atomic mass is 9.88. The molecule has 0 aromatic heterocycles. The predicted molar refractivity (Wildman–Crippen MR) is 62.7 cm³/mol. The molecule has 0 saturated heterocycles. The zero-order chi connectivity index (χ0) is 11.7. The lowest BCUT2D eigenvalue weighted by Crippen LogP contribution is -3.01. The van der Waals surface area contributed by atoms with E-state index in [1.54, 1.807) is 19.2 Å². The summed E-state index contributed by atoms with van der Waals surface area (Å²) >= 11 is 0. The largest absolute Gasteiger partial charge is 0.629 e. The summed E-state index contributed by atoms with van der Waals surface area (Å²) in [6.45, 7) is 0. The smallest absolute Gasteiger partial charge is 0.210 e. The molecule has 1 N–H and O–H groups in total. The molecule has 0 amide bonds. The minimum Gasteiger partial charge on any atom is -0.629 e. The molecule has 0 saturated carbocycles. The van der Waals surface area contributed by atoms with Crippen molar-refractivity contribution >= 4 is 5.71 Å². The van der Waals surface area contributed by atoms with Crippen LogP contribution in [0.15, 0.2) is 47.7 Å². The van der Waals surface area contributed by atoms with Crippen molar-refractivity contribution in [3.05, 3.63) is 58.1 Å².